The molecular formula is C32H33ClF5N9O3. The molecule has 3 heterocycles. The minimum absolute atomic E-state index is 0.155. The highest BCUT2D eigenvalue weighted by atomic mass is 35.5. The number of amides is 2. The van der Waals surface area contributed by atoms with E-state index >= 15 is 4.39 Å². The molecule has 50 heavy (non-hydrogen) atoms. The Morgan fingerprint density at radius 1 is 1.16 bits per heavy atom. The van der Waals surface area contributed by atoms with Crippen molar-refractivity contribution in [1.29, 1.82) is 5.41 Å². The van der Waals surface area contributed by atoms with Gasteiger partial charge in [-0.2, -0.15) is 19.0 Å². The fourth-order valence-electron chi connectivity index (χ4n) is 5.10. The monoisotopic (exact) mass is 721 g/mol. The maximum atomic E-state index is 15.8. The van der Waals surface area contributed by atoms with Crippen LogP contribution in [0.15, 0.2) is 55.1 Å². The third-order valence-corrected chi connectivity index (χ3v) is 8.12. The van der Waals surface area contributed by atoms with Crippen LogP contribution in [0.4, 0.5) is 26.7 Å². The zero-order valence-corrected chi connectivity index (χ0v) is 27.8. The van der Waals surface area contributed by atoms with Crippen molar-refractivity contribution in [2.75, 3.05) is 26.2 Å². The van der Waals surface area contributed by atoms with E-state index in [1.54, 1.807) is 0 Å². The Labute approximate surface area is 288 Å². The number of benzene rings is 2. The van der Waals surface area contributed by atoms with Crippen LogP contribution < -0.4 is 5.32 Å². The predicted octanol–water partition coefficient (Wildman–Crippen LogP) is 6.75. The van der Waals surface area contributed by atoms with Gasteiger partial charge in [-0.25, -0.2) is 27.6 Å². The van der Waals surface area contributed by atoms with Gasteiger partial charge in [0.05, 0.1) is 35.9 Å². The normalized spacial score (nSPS) is 14.6. The van der Waals surface area contributed by atoms with Gasteiger partial charge in [0.2, 0.25) is 0 Å². The Morgan fingerprint density at radius 3 is 2.50 bits per heavy atom. The number of aromatic amines is 1. The quantitative estimate of drug-likeness (QED) is 0.0933. The minimum Gasteiger partial charge on any atom is -0.447 e. The zero-order valence-electron chi connectivity index (χ0n) is 27.1. The molecule has 3 N–H and O–H groups in total. The average Bonchev–Trinajstić information content (AvgIpc) is 3.75. The molecule has 1 fully saturated rings. The van der Waals surface area contributed by atoms with E-state index in [-0.39, 0.29) is 39.5 Å². The molecule has 0 radical (unpaired) electrons. The van der Waals surface area contributed by atoms with Gasteiger partial charge in [0.1, 0.15) is 18.8 Å². The van der Waals surface area contributed by atoms with E-state index < -0.39 is 67.6 Å². The fraction of sp³-hybridized carbons (Fsp3) is 0.375. The second kappa shape index (κ2) is 14.4. The molecule has 1 aliphatic heterocycles. The van der Waals surface area contributed by atoms with Crippen LogP contribution in [0.2, 0.25) is 5.02 Å². The number of rotatable bonds is 10. The summed E-state index contributed by atoms with van der Waals surface area (Å²) in [6, 6.07) is 6.61. The lowest BCUT2D eigenvalue weighted by Gasteiger charge is -2.38. The van der Waals surface area contributed by atoms with Crippen molar-refractivity contribution in [3.8, 4) is 22.5 Å². The molecule has 2 aromatic heterocycles. The van der Waals surface area contributed by atoms with Crippen LogP contribution in [0, 0.1) is 16.6 Å². The van der Waals surface area contributed by atoms with Crippen LogP contribution >= 0.6 is 11.6 Å². The summed E-state index contributed by atoms with van der Waals surface area (Å²) in [6.07, 6.45) is 2.87. The molecule has 1 aliphatic rings. The van der Waals surface area contributed by atoms with Gasteiger partial charge in [-0.1, -0.05) is 44.5 Å². The van der Waals surface area contributed by atoms with Gasteiger partial charge >= 0.3 is 12.6 Å². The second-order valence-corrected chi connectivity index (χ2v) is 13.2. The van der Waals surface area contributed by atoms with Crippen LogP contribution in [-0.2, 0) is 4.74 Å². The number of aromatic nitrogens is 5. The fourth-order valence-corrected chi connectivity index (χ4v) is 5.31. The molecule has 12 nitrogen and oxygen atoms in total. The third kappa shape index (κ3) is 8.38. The van der Waals surface area contributed by atoms with Gasteiger partial charge in [0.15, 0.2) is 11.8 Å². The molecule has 18 heteroatoms. The molecule has 0 unspecified atom stereocenters. The van der Waals surface area contributed by atoms with Crippen LogP contribution in [0.3, 0.4) is 0 Å². The first-order valence-electron chi connectivity index (χ1n) is 15.3. The number of alkyl halides is 4. The molecule has 1 saturated heterocycles. The summed E-state index contributed by atoms with van der Waals surface area (Å²) in [7, 11) is 0. The lowest BCUT2D eigenvalue weighted by atomic mass is 9.92. The summed E-state index contributed by atoms with van der Waals surface area (Å²) < 4.78 is 74.8. The highest BCUT2D eigenvalue weighted by Crippen LogP contribution is 2.34. The molecule has 2 aromatic carbocycles. The number of nitrogens with one attached hydrogen (secondary N) is 3. The Hall–Kier alpha value is -5.06. The SMILES string of the molecule is CC(C)(C)CCNC(=N)N(C(=O)c1ccc(-c2cnn(C(F)F)c2)cc1F)[C@H](COC(=O)N1CC(F)(F)C1)c1ccc(Cl)c(-c2ncn[nH]2)c1. The van der Waals surface area contributed by atoms with Crippen LogP contribution in [-0.4, -0.2) is 84.9 Å². The first-order chi connectivity index (χ1) is 23.5. The average molecular weight is 722 g/mol. The van der Waals surface area contributed by atoms with Gasteiger partial charge < -0.3 is 10.1 Å². The molecule has 5 rings (SSSR count). The first kappa shape index (κ1) is 36.2. The minimum atomic E-state index is -3.07. The molecule has 0 spiro atoms. The number of hydrogen-bond donors (Lipinski definition) is 3. The molecule has 0 saturated carbocycles. The van der Waals surface area contributed by atoms with Crippen molar-refractivity contribution >= 4 is 29.6 Å². The molecule has 2 amide bonds. The third-order valence-electron chi connectivity index (χ3n) is 7.79. The van der Waals surface area contributed by atoms with Gasteiger partial charge in [0.25, 0.3) is 11.8 Å². The Bertz CT molecular complexity index is 1860. The summed E-state index contributed by atoms with van der Waals surface area (Å²) in [5.41, 5.74) is 0.245. The van der Waals surface area contributed by atoms with Gasteiger partial charge in [-0.3, -0.25) is 25.1 Å². The van der Waals surface area contributed by atoms with Crippen molar-refractivity contribution in [2.24, 2.45) is 5.41 Å². The predicted molar refractivity (Wildman–Crippen MR) is 172 cm³/mol. The number of H-pyrrole nitrogens is 1. The van der Waals surface area contributed by atoms with Crippen LogP contribution in [0.1, 0.15) is 55.7 Å². The molecule has 266 valence electrons. The summed E-state index contributed by atoms with van der Waals surface area (Å²) in [5, 5.41) is 22.2. The highest BCUT2D eigenvalue weighted by molar-refractivity contribution is 6.33. The number of nitrogens with zero attached hydrogens (tertiary/aromatic N) is 6. The smallest absolute Gasteiger partial charge is 0.410 e. The molecule has 4 aromatic rings. The van der Waals surface area contributed by atoms with Crippen LogP contribution in [0.5, 0.6) is 0 Å². The lowest BCUT2D eigenvalue weighted by molar-refractivity contribution is -0.120. The molecule has 0 bridgehead atoms. The van der Waals surface area contributed by atoms with E-state index in [0.717, 1.165) is 34.3 Å². The molecular weight excluding hydrogens is 689 g/mol. The largest absolute Gasteiger partial charge is 0.447 e. The summed E-state index contributed by atoms with van der Waals surface area (Å²) >= 11 is 6.45. The number of hydrogen-bond acceptors (Lipinski definition) is 7. The number of halogens is 6. The van der Waals surface area contributed by atoms with E-state index in [0.29, 0.717) is 16.7 Å². The van der Waals surface area contributed by atoms with E-state index in [4.69, 9.17) is 21.7 Å². The summed E-state index contributed by atoms with van der Waals surface area (Å²) in [6.45, 7) is 0.888. The standard InChI is InChI=1S/C32H33ClF5N9O3/c1-31(2,3)8-9-40-29(39)47(27(48)21-6-4-18(11-24(21)34)20-12-43-46(13-20)28(35)36)25(14-50-30(49)45-15-32(37,38)16-45)19-5-7-23(33)22(10-19)26-41-17-42-44-26/h4-7,10-13,17,25,28H,8-9,14-16H2,1-3H3,(H2,39,40)(H,41,42,44)/t25-/m1/s1. The topological polar surface area (TPSA) is 145 Å². The maximum Gasteiger partial charge on any atom is 0.410 e. The molecule has 0 aliphatic carbocycles. The van der Waals surface area contributed by atoms with E-state index in [9.17, 15) is 27.2 Å². The number of guanidine groups is 1. The number of carbonyl (C=O) groups excluding carboxylic acids is 2. The number of likely N-dealkylation sites (tertiary alicyclic amines) is 1. The van der Waals surface area contributed by atoms with Crippen LogP contribution in [0.25, 0.3) is 22.5 Å². The van der Waals surface area contributed by atoms with Gasteiger partial charge in [-0.15, -0.1) is 0 Å². The van der Waals surface area contributed by atoms with Crippen molar-refractivity contribution in [3.05, 3.63) is 77.1 Å². The highest BCUT2D eigenvalue weighted by Gasteiger charge is 2.47. The first-order valence-corrected chi connectivity index (χ1v) is 15.6. The number of ether oxygens (including phenoxy) is 1. The second-order valence-electron chi connectivity index (χ2n) is 12.8. The zero-order chi connectivity index (χ0) is 36.4. The van der Waals surface area contributed by atoms with E-state index in [1.807, 2.05) is 20.8 Å². The van der Waals surface area contributed by atoms with Gasteiger partial charge in [-0.05, 0) is 47.2 Å². The van der Waals surface area contributed by atoms with Crippen molar-refractivity contribution in [2.45, 2.75) is 45.7 Å². The van der Waals surface area contributed by atoms with E-state index in [2.05, 4.69) is 25.6 Å². The summed E-state index contributed by atoms with van der Waals surface area (Å²) in [5.74, 6) is -5.36. The van der Waals surface area contributed by atoms with E-state index in [1.165, 1.54) is 30.6 Å². The Balaban J connectivity index is 1.54. The van der Waals surface area contributed by atoms with Crippen molar-refractivity contribution in [1.82, 2.24) is 40.1 Å². The molecule has 1 atom stereocenters. The lowest BCUT2D eigenvalue weighted by Crippen LogP contribution is -2.58. The number of carbonyl (C=O) groups is 2. The van der Waals surface area contributed by atoms with Gasteiger partial charge in [0, 0.05) is 23.9 Å². The Morgan fingerprint density at radius 2 is 1.90 bits per heavy atom. The Kier molecular flexibility index (Phi) is 10.5. The maximum absolute atomic E-state index is 15.8. The summed E-state index contributed by atoms with van der Waals surface area (Å²) in [4.78, 5) is 32.9. The van der Waals surface area contributed by atoms with Crippen molar-refractivity contribution in [3.63, 3.8) is 0 Å². The van der Waals surface area contributed by atoms with Crippen molar-refractivity contribution < 1.29 is 36.3 Å².